The van der Waals surface area contributed by atoms with Gasteiger partial charge in [-0.3, -0.25) is 9.59 Å². The molecular weight excluding hydrogens is 272 g/mol. The van der Waals surface area contributed by atoms with Crippen molar-refractivity contribution in [1.29, 1.82) is 0 Å². The van der Waals surface area contributed by atoms with Gasteiger partial charge in [-0.15, -0.1) is 0 Å². The Balaban J connectivity index is 2.42. The van der Waals surface area contributed by atoms with Crippen LogP contribution in [0.25, 0.3) is 0 Å². The average Bonchev–Trinajstić information content (AvgIpc) is 2.22. The van der Waals surface area contributed by atoms with Crippen LogP contribution in [0.4, 0.5) is 11.4 Å². The van der Waals surface area contributed by atoms with E-state index >= 15 is 0 Å². The summed E-state index contributed by atoms with van der Waals surface area (Å²) >= 11 is 3.35. The first kappa shape index (κ1) is 11.1. The maximum absolute atomic E-state index is 11.7. The van der Waals surface area contributed by atoms with Crippen LogP contribution in [0.1, 0.15) is 6.92 Å². The van der Waals surface area contributed by atoms with Crippen molar-refractivity contribution >= 4 is 39.0 Å². The number of benzene rings is 1. The van der Waals surface area contributed by atoms with E-state index in [1.165, 1.54) is 11.8 Å². The molecule has 1 aliphatic heterocycles. The number of amides is 1. The molecule has 1 N–H and O–H groups in total. The molecule has 0 atom stereocenters. The maximum atomic E-state index is 11.7. The highest BCUT2D eigenvalue weighted by molar-refractivity contribution is 9.10. The smallest absolute Gasteiger partial charge is 0.246 e. The molecule has 0 saturated carbocycles. The van der Waals surface area contributed by atoms with Gasteiger partial charge in [0.25, 0.3) is 0 Å². The van der Waals surface area contributed by atoms with Crippen LogP contribution < -0.4 is 10.2 Å². The van der Waals surface area contributed by atoms with E-state index in [1.807, 2.05) is 18.2 Å². The fourth-order valence-corrected chi connectivity index (χ4v) is 2.02. The summed E-state index contributed by atoms with van der Waals surface area (Å²) < 4.78 is 0.885. The summed E-state index contributed by atoms with van der Waals surface area (Å²) in [7, 11) is 0. The zero-order chi connectivity index (χ0) is 11.7. The summed E-state index contributed by atoms with van der Waals surface area (Å²) in [6.07, 6.45) is 0. The molecule has 0 fully saturated rings. The average molecular weight is 283 g/mol. The molecule has 0 aliphatic carbocycles. The van der Waals surface area contributed by atoms with Crippen molar-refractivity contribution in [2.75, 3.05) is 23.3 Å². The summed E-state index contributed by atoms with van der Waals surface area (Å²) in [5, 5.41) is 3.02. The van der Waals surface area contributed by atoms with E-state index in [0.29, 0.717) is 0 Å². The van der Waals surface area contributed by atoms with Crippen LogP contribution in [-0.2, 0) is 9.59 Å². The number of carbonyl (C=O) groups is 2. The number of nitrogens with zero attached hydrogens (tertiary/aromatic N) is 1. The predicted molar refractivity (Wildman–Crippen MR) is 65.7 cm³/mol. The van der Waals surface area contributed by atoms with E-state index in [0.717, 1.165) is 15.8 Å². The highest BCUT2D eigenvalue weighted by Gasteiger charge is 2.24. The van der Waals surface area contributed by atoms with Gasteiger partial charge in [0.1, 0.15) is 5.78 Å². The fourth-order valence-electron chi connectivity index (χ4n) is 1.67. The van der Waals surface area contributed by atoms with Gasteiger partial charge in [0.05, 0.1) is 24.5 Å². The second kappa shape index (κ2) is 4.25. The predicted octanol–water partition coefficient (Wildman–Crippen LogP) is 1.80. The molecule has 0 aromatic heterocycles. The van der Waals surface area contributed by atoms with Crippen LogP contribution in [0.3, 0.4) is 0 Å². The van der Waals surface area contributed by atoms with Gasteiger partial charge >= 0.3 is 0 Å². The fraction of sp³-hybridized carbons (Fsp3) is 0.273. The third-order valence-electron chi connectivity index (χ3n) is 2.36. The SMILES string of the molecule is CC(=O)CN1C(=O)CNc2ccc(Br)cc21. The first-order chi connectivity index (χ1) is 7.58. The van der Waals surface area contributed by atoms with Crippen LogP contribution >= 0.6 is 15.9 Å². The Bertz CT molecular complexity index is 459. The number of anilines is 2. The lowest BCUT2D eigenvalue weighted by atomic mass is 10.2. The van der Waals surface area contributed by atoms with Gasteiger partial charge in [-0.1, -0.05) is 15.9 Å². The van der Waals surface area contributed by atoms with Crippen molar-refractivity contribution in [1.82, 2.24) is 0 Å². The van der Waals surface area contributed by atoms with E-state index in [1.54, 1.807) is 0 Å². The van der Waals surface area contributed by atoms with Gasteiger partial charge in [-0.2, -0.15) is 0 Å². The minimum absolute atomic E-state index is 0.0267. The van der Waals surface area contributed by atoms with Crippen molar-refractivity contribution in [3.63, 3.8) is 0 Å². The molecule has 1 aromatic rings. The number of hydrogen-bond acceptors (Lipinski definition) is 3. The van der Waals surface area contributed by atoms with Gasteiger partial charge in [0, 0.05) is 4.47 Å². The number of hydrogen-bond donors (Lipinski definition) is 1. The van der Waals surface area contributed by atoms with Crippen LogP contribution in [0.15, 0.2) is 22.7 Å². The molecule has 1 aromatic carbocycles. The number of nitrogens with one attached hydrogen (secondary N) is 1. The number of ketones is 1. The molecule has 0 bridgehead atoms. The number of Topliss-reactive ketones (excluding diaryl/α,β-unsaturated/α-hetero) is 1. The zero-order valence-corrected chi connectivity index (χ0v) is 10.4. The normalized spacial score (nSPS) is 14.4. The number of carbonyl (C=O) groups excluding carboxylic acids is 2. The first-order valence-corrected chi connectivity index (χ1v) is 5.70. The number of rotatable bonds is 2. The van der Waals surface area contributed by atoms with Gasteiger partial charge in [0.15, 0.2) is 0 Å². The Morgan fingerprint density at radius 3 is 3.00 bits per heavy atom. The zero-order valence-electron chi connectivity index (χ0n) is 8.79. The van der Waals surface area contributed by atoms with E-state index in [2.05, 4.69) is 21.2 Å². The van der Waals surface area contributed by atoms with Gasteiger partial charge < -0.3 is 10.2 Å². The lowest BCUT2D eigenvalue weighted by Gasteiger charge is -2.29. The standard InChI is InChI=1S/C11H11BrN2O2/c1-7(15)6-14-10-4-8(12)2-3-9(10)13-5-11(14)16/h2-4,13H,5-6H2,1H3. The van der Waals surface area contributed by atoms with E-state index in [-0.39, 0.29) is 24.8 Å². The molecule has 16 heavy (non-hydrogen) atoms. The Morgan fingerprint density at radius 1 is 1.56 bits per heavy atom. The summed E-state index contributed by atoms with van der Waals surface area (Å²) in [5.41, 5.74) is 1.63. The molecule has 2 rings (SSSR count). The van der Waals surface area contributed by atoms with Crippen molar-refractivity contribution in [3.8, 4) is 0 Å². The Labute approximate surface area is 102 Å². The molecule has 0 spiro atoms. The molecule has 1 aliphatic rings. The van der Waals surface area contributed by atoms with E-state index in [9.17, 15) is 9.59 Å². The Kier molecular flexibility index (Phi) is 2.96. The molecule has 4 nitrogen and oxygen atoms in total. The summed E-state index contributed by atoms with van der Waals surface area (Å²) in [6, 6.07) is 5.62. The minimum atomic E-state index is -0.0826. The topological polar surface area (TPSA) is 49.4 Å². The number of halogens is 1. The lowest BCUT2D eigenvalue weighted by molar-refractivity contribution is -0.121. The monoisotopic (exact) mass is 282 g/mol. The molecule has 84 valence electrons. The van der Waals surface area contributed by atoms with Crippen LogP contribution in [0.5, 0.6) is 0 Å². The van der Waals surface area contributed by atoms with Crippen molar-refractivity contribution in [2.45, 2.75) is 6.92 Å². The van der Waals surface area contributed by atoms with Crippen molar-refractivity contribution in [2.24, 2.45) is 0 Å². The molecule has 0 saturated heterocycles. The Hall–Kier alpha value is -1.36. The molecular formula is C11H11BrN2O2. The lowest BCUT2D eigenvalue weighted by Crippen LogP contribution is -2.42. The first-order valence-electron chi connectivity index (χ1n) is 4.91. The second-order valence-corrected chi connectivity index (χ2v) is 4.61. The minimum Gasteiger partial charge on any atom is -0.374 e. The van der Waals surface area contributed by atoms with Crippen LogP contribution in [0.2, 0.25) is 0 Å². The number of fused-ring (bicyclic) bond motifs is 1. The highest BCUT2D eigenvalue weighted by Crippen LogP contribution is 2.32. The molecule has 5 heteroatoms. The summed E-state index contributed by atoms with van der Waals surface area (Å²) in [5.74, 6) is -0.109. The van der Waals surface area contributed by atoms with Crippen LogP contribution in [-0.4, -0.2) is 24.8 Å². The van der Waals surface area contributed by atoms with Crippen molar-refractivity contribution in [3.05, 3.63) is 22.7 Å². The molecule has 0 radical (unpaired) electrons. The van der Waals surface area contributed by atoms with Crippen molar-refractivity contribution < 1.29 is 9.59 Å². The van der Waals surface area contributed by atoms with Gasteiger partial charge in [-0.05, 0) is 25.1 Å². The molecule has 0 unspecified atom stereocenters. The van der Waals surface area contributed by atoms with E-state index < -0.39 is 0 Å². The molecule has 1 amide bonds. The highest BCUT2D eigenvalue weighted by atomic mass is 79.9. The summed E-state index contributed by atoms with van der Waals surface area (Å²) in [6.45, 7) is 1.85. The summed E-state index contributed by atoms with van der Waals surface area (Å²) in [4.78, 5) is 24.3. The largest absolute Gasteiger partial charge is 0.374 e. The quantitative estimate of drug-likeness (QED) is 0.900. The van der Waals surface area contributed by atoms with Crippen LogP contribution in [0, 0.1) is 0 Å². The third-order valence-corrected chi connectivity index (χ3v) is 2.86. The van der Waals surface area contributed by atoms with E-state index in [4.69, 9.17) is 0 Å². The van der Waals surface area contributed by atoms with Gasteiger partial charge in [-0.25, -0.2) is 0 Å². The Morgan fingerprint density at radius 2 is 2.31 bits per heavy atom. The third kappa shape index (κ3) is 2.09. The second-order valence-electron chi connectivity index (χ2n) is 3.70. The maximum Gasteiger partial charge on any atom is 0.246 e. The van der Waals surface area contributed by atoms with Gasteiger partial charge in [0.2, 0.25) is 5.91 Å². The molecule has 1 heterocycles.